The van der Waals surface area contributed by atoms with Gasteiger partial charge in [0, 0.05) is 17.7 Å². The van der Waals surface area contributed by atoms with E-state index in [1.165, 1.54) is 0 Å². The summed E-state index contributed by atoms with van der Waals surface area (Å²) in [6.07, 6.45) is 2.63. The van der Waals surface area contributed by atoms with Crippen LogP contribution in [0.1, 0.15) is 48.2 Å². The van der Waals surface area contributed by atoms with Crippen molar-refractivity contribution in [3.8, 4) is 11.3 Å². The van der Waals surface area contributed by atoms with Gasteiger partial charge in [0.15, 0.2) is 0 Å². The molecule has 8 heteroatoms. The van der Waals surface area contributed by atoms with Crippen LogP contribution in [0.3, 0.4) is 0 Å². The Morgan fingerprint density at radius 3 is 2.81 bits per heavy atom. The van der Waals surface area contributed by atoms with Crippen LogP contribution in [0.2, 0.25) is 0 Å². The summed E-state index contributed by atoms with van der Waals surface area (Å²) < 4.78 is 6.92. The van der Waals surface area contributed by atoms with Crippen LogP contribution in [-0.4, -0.2) is 37.2 Å². The van der Waals surface area contributed by atoms with Crippen molar-refractivity contribution < 1.29 is 14.4 Å². The van der Waals surface area contributed by atoms with Crippen LogP contribution in [0.5, 0.6) is 0 Å². The summed E-state index contributed by atoms with van der Waals surface area (Å²) in [5, 5.41) is 24.4. The van der Waals surface area contributed by atoms with Gasteiger partial charge in [0.05, 0.1) is 18.3 Å². The second-order valence-electron chi connectivity index (χ2n) is 6.54. The highest BCUT2D eigenvalue weighted by molar-refractivity contribution is 5.92. The van der Waals surface area contributed by atoms with E-state index in [9.17, 15) is 9.90 Å². The molecule has 8 nitrogen and oxygen atoms in total. The van der Waals surface area contributed by atoms with Gasteiger partial charge < -0.3 is 14.9 Å². The van der Waals surface area contributed by atoms with Crippen molar-refractivity contribution in [3.63, 3.8) is 0 Å². The predicted octanol–water partition coefficient (Wildman–Crippen LogP) is 2.12. The first-order valence-electron chi connectivity index (χ1n) is 8.53. The fourth-order valence-corrected chi connectivity index (χ4v) is 2.97. The van der Waals surface area contributed by atoms with Gasteiger partial charge in [-0.2, -0.15) is 0 Å². The summed E-state index contributed by atoms with van der Waals surface area (Å²) >= 11 is 0. The van der Waals surface area contributed by atoms with Crippen LogP contribution in [0.4, 0.5) is 0 Å². The summed E-state index contributed by atoms with van der Waals surface area (Å²) in [7, 11) is 0. The van der Waals surface area contributed by atoms with Crippen LogP contribution >= 0.6 is 0 Å². The molecule has 1 saturated carbocycles. The van der Waals surface area contributed by atoms with Gasteiger partial charge in [-0.25, -0.2) is 4.68 Å². The fourth-order valence-electron chi connectivity index (χ4n) is 2.97. The minimum Gasteiger partial charge on any atom is -0.387 e. The second kappa shape index (κ2) is 6.72. The Bertz CT molecular complexity index is 896. The number of benzene rings is 1. The van der Waals surface area contributed by atoms with E-state index in [0.717, 1.165) is 18.4 Å². The van der Waals surface area contributed by atoms with Crippen LogP contribution in [0.25, 0.3) is 11.3 Å². The highest BCUT2D eigenvalue weighted by Crippen LogP contribution is 2.32. The first-order chi connectivity index (χ1) is 12.6. The van der Waals surface area contributed by atoms with E-state index in [-0.39, 0.29) is 23.8 Å². The molecule has 0 saturated heterocycles. The zero-order valence-electron chi connectivity index (χ0n) is 14.2. The van der Waals surface area contributed by atoms with Crippen LogP contribution in [0.15, 0.2) is 47.1 Å². The molecule has 134 valence electrons. The third kappa shape index (κ3) is 3.23. The number of carbonyl (C=O) groups excluding carboxylic acids is 1. The van der Waals surface area contributed by atoms with Crippen molar-refractivity contribution in [2.75, 3.05) is 0 Å². The third-order valence-corrected chi connectivity index (χ3v) is 4.58. The van der Waals surface area contributed by atoms with E-state index in [4.69, 9.17) is 4.52 Å². The SMILES string of the molecule is C[C@@H](O)c1cn([C@H]2C[C@@H](NC(=O)c3cc(-c4ccccc4)no3)C2)nn1. The van der Waals surface area contributed by atoms with Gasteiger partial charge in [0.25, 0.3) is 5.91 Å². The third-order valence-electron chi connectivity index (χ3n) is 4.58. The van der Waals surface area contributed by atoms with E-state index >= 15 is 0 Å². The molecule has 1 amide bonds. The number of aromatic nitrogens is 4. The van der Waals surface area contributed by atoms with Gasteiger partial charge in [-0.05, 0) is 19.8 Å². The molecule has 0 spiro atoms. The maximum Gasteiger partial charge on any atom is 0.290 e. The molecule has 2 N–H and O–H groups in total. The molecule has 1 aliphatic rings. The Labute approximate surface area is 149 Å². The highest BCUT2D eigenvalue weighted by Gasteiger charge is 2.33. The van der Waals surface area contributed by atoms with Crippen LogP contribution < -0.4 is 5.32 Å². The van der Waals surface area contributed by atoms with Crippen molar-refractivity contribution in [2.24, 2.45) is 0 Å². The van der Waals surface area contributed by atoms with E-state index in [1.54, 1.807) is 23.9 Å². The smallest absolute Gasteiger partial charge is 0.290 e. The van der Waals surface area contributed by atoms with E-state index in [0.29, 0.717) is 11.4 Å². The van der Waals surface area contributed by atoms with Crippen molar-refractivity contribution in [1.29, 1.82) is 0 Å². The number of carbonyl (C=O) groups is 1. The second-order valence-corrected chi connectivity index (χ2v) is 6.54. The largest absolute Gasteiger partial charge is 0.387 e. The predicted molar refractivity (Wildman–Crippen MR) is 92.1 cm³/mol. The lowest BCUT2D eigenvalue weighted by atomic mass is 9.87. The van der Waals surface area contributed by atoms with Crippen molar-refractivity contribution in [3.05, 3.63) is 54.0 Å². The number of rotatable bonds is 5. The van der Waals surface area contributed by atoms with Crippen LogP contribution in [0, 0.1) is 0 Å². The topological polar surface area (TPSA) is 106 Å². The molecule has 1 aromatic carbocycles. The molecular formula is C18H19N5O3. The van der Waals surface area contributed by atoms with Gasteiger partial charge in [0.1, 0.15) is 11.4 Å². The molecule has 26 heavy (non-hydrogen) atoms. The average molecular weight is 353 g/mol. The number of hydrogen-bond donors (Lipinski definition) is 2. The van der Waals surface area contributed by atoms with Crippen molar-refractivity contribution >= 4 is 5.91 Å². The molecule has 1 atom stereocenters. The Hall–Kier alpha value is -3.00. The maximum absolute atomic E-state index is 12.3. The summed E-state index contributed by atoms with van der Waals surface area (Å²) in [5.41, 5.74) is 2.09. The Morgan fingerprint density at radius 1 is 1.35 bits per heavy atom. The van der Waals surface area contributed by atoms with E-state index < -0.39 is 6.10 Å². The molecule has 3 aromatic rings. The van der Waals surface area contributed by atoms with E-state index in [1.807, 2.05) is 30.3 Å². The van der Waals surface area contributed by atoms with E-state index in [2.05, 4.69) is 20.8 Å². The lowest BCUT2D eigenvalue weighted by Gasteiger charge is -2.35. The average Bonchev–Trinajstić information content (AvgIpc) is 3.28. The van der Waals surface area contributed by atoms with Crippen LogP contribution in [-0.2, 0) is 0 Å². The molecule has 0 unspecified atom stereocenters. The molecule has 2 aromatic heterocycles. The minimum atomic E-state index is -0.635. The lowest BCUT2D eigenvalue weighted by Crippen LogP contribution is -2.45. The summed E-state index contributed by atoms with van der Waals surface area (Å²) in [6.45, 7) is 1.65. The fraction of sp³-hybridized carbons (Fsp3) is 0.333. The number of nitrogens with one attached hydrogen (secondary N) is 1. The zero-order chi connectivity index (χ0) is 18.1. The maximum atomic E-state index is 12.3. The van der Waals surface area contributed by atoms with Crippen molar-refractivity contribution in [1.82, 2.24) is 25.5 Å². The normalized spacial score (nSPS) is 20.4. The van der Waals surface area contributed by atoms with Gasteiger partial charge in [-0.3, -0.25) is 4.79 Å². The lowest BCUT2D eigenvalue weighted by molar-refractivity contribution is 0.0850. The monoisotopic (exact) mass is 353 g/mol. The molecule has 2 heterocycles. The van der Waals surface area contributed by atoms with Gasteiger partial charge >= 0.3 is 0 Å². The summed E-state index contributed by atoms with van der Waals surface area (Å²) in [4.78, 5) is 12.3. The molecule has 0 aliphatic heterocycles. The first-order valence-corrected chi connectivity index (χ1v) is 8.53. The van der Waals surface area contributed by atoms with Gasteiger partial charge in [0.2, 0.25) is 5.76 Å². The highest BCUT2D eigenvalue weighted by atomic mass is 16.5. The number of nitrogens with zero attached hydrogens (tertiary/aromatic N) is 4. The standard InChI is InChI=1S/C18H19N5O3/c1-11(24)16-10-23(22-20-16)14-7-13(8-14)19-18(25)17-9-15(21-26-17)12-5-3-2-4-6-12/h2-6,9-11,13-14,24H,7-8H2,1H3,(H,19,25)/t11-,13-,14+/m1/s1. The molecule has 0 radical (unpaired) electrons. The Morgan fingerprint density at radius 2 is 2.12 bits per heavy atom. The number of aliphatic hydroxyl groups excluding tert-OH is 1. The van der Waals surface area contributed by atoms with Crippen molar-refractivity contribution in [2.45, 2.75) is 38.0 Å². The molecule has 1 aliphatic carbocycles. The molecular weight excluding hydrogens is 334 g/mol. The molecule has 0 bridgehead atoms. The Balaban J connectivity index is 1.33. The zero-order valence-corrected chi connectivity index (χ0v) is 14.2. The summed E-state index contributed by atoms with van der Waals surface area (Å²) in [5.74, 6) is -0.0733. The quantitative estimate of drug-likeness (QED) is 0.728. The van der Waals surface area contributed by atoms with Gasteiger partial charge in [-0.15, -0.1) is 5.10 Å². The summed E-state index contributed by atoms with van der Waals surface area (Å²) in [6, 6.07) is 11.4. The first kappa shape index (κ1) is 16.5. The number of hydrogen-bond acceptors (Lipinski definition) is 6. The number of aliphatic hydroxyl groups is 1. The molecule has 1 fully saturated rings. The Kier molecular flexibility index (Phi) is 4.26. The van der Waals surface area contributed by atoms with Gasteiger partial charge in [-0.1, -0.05) is 40.7 Å². The minimum absolute atomic E-state index is 0.0528. The number of amides is 1. The molecule has 4 rings (SSSR count).